The molecule has 3 N–H and O–H groups in total. The predicted octanol–water partition coefficient (Wildman–Crippen LogP) is 2.10. The number of pyridine rings is 1. The zero-order valence-corrected chi connectivity index (χ0v) is 15.2. The summed E-state index contributed by atoms with van der Waals surface area (Å²) in [5.41, 5.74) is 1.06. The van der Waals surface area contributed by atoms with Gasteiger partial charge in [0.15, 0.2) is 0 Å². The van der Waals surface area contributed by atoms with E-state index in [1.165, 1.54) is 0 Å². The lowest BCUT2D eigenvalue weighted by Gasteiger charge is -2.37. The first-order valence-electron chi connectivity index (χ1n) is 8.49. The molecule has 3 atom stereocenters. The first-order chi connectivity index (χ1) is 11.6. The van der Waals surface area contributed by atoms with Crippen LogP contribution in [0.15, 0.2) is 18.3 Å². The Kier molecular flexibility index (Phi) is 5.67. The minimum absolute atomic E-state index is 0.0703. The van der Waals surface area contributed by atoms with E-state index < -0.39 is 24.3 Å². The number of aryl methyl sites for hydroxylation is 1. The Morgan fingerprint density at radius 2 is 2.16 bits per heavy atom. The van der Waals surface area contributed by atoms with E-state index in [-0.39, 0.29) is 17.9 Å². The summed E-state index contributed by atoms with van der Waals surface area (Å²) in [6.07, 6.45) is 0.482. The summed E-state index contributed by atoms with van der Waals surface area (Å²) < 4.78 is 0. The number of likely N-dealkylation sites (tertiary alicyclic amines) is 1. The number of nitrogens with one attached hydrogen (secondary N) is 1. The molecule has 1 aliphatic rings. The molecule has 2 rings (SSSR count). The first-order valence-corrected chi connectivity index (χ1v) is 8.49. The maximum Gasteiger partial charge on any atom is 0.404 e. The van der Waals surface area contributed by atoms with Crippen LogP contribution < -0.4 is 5.32 Å². The SMILES string of the molecule is Cc1cccnc1[C@@H](O)C1CCC(=O)N1CC(NC(=O)O)C(C)(C)C. The van der Waals surface area contributed by atoms with Gasteiger partial charge in [0.2, 0.25) is 5.91 Å². The molecule has 0 aliphatic carbocycles. The van der Waals surface area contributed by atoms with Crippen molar-refractivity contribution in [1.82, 2.24) is 15.2 Å². The topological polar surface area (TPSA) is 103 Å². The second-order valence-corrected chi connectivity index (χ2v) is 7.67. The molecule has 1 fully saturated rings. The molecule has 1 aromatic rings. The van der Waals surface area contributed by atoms with Gasteiger partial charge in [-0.2, -0.15) is 0 Å². The van der Waals surface area contributed by atoms with Gasteiger partial charge in [0.25, 0.3) is 0 Å². The van der Waals surface area contributed by atoms with Gasteiger partial charge in [-0.15, -0.1) is 0 Å². The molecule has 1 aliphatic heterocycles. The van der Waals surface area contributed by atoms with Crippen molar-refractivity contribution in [2.24, 2.45) is 5.41 Å². The van der Waals surface area contributed by atoms with Crippen molar-refractivity contribution in [3.63, 3.8) is 0 Å². The Hall–Kier alpha value is -2.15. The highest BCUT2D eigenvalue weighted by molar-refractivity contribution is 5.79. The fraction of sp³-hybridized carbons (Fsp3) is 0.611. The minimum Gasteiger partial charge on any atom is -0.465 e. The Labute approximate surface area is 148 Å². The van der Waals surface area contributed by atoms with Gasteiger partial charge in [-0.3, -0.25) is 9.78 Å². The van der Waals surface area contributed by atoms with Crippen molar-refractivity contribution >= 4 is 12.0 Å². The molecule has 7 nitrogen and oxygen atoms in total. The van der Waals surface area contributed by atoms with Crippen LogP contribution in [0.25, 0.3) is 0 Å². The van der Waals surface area contributed by atoms with E-state index in [0.29, 0.717) is 18.5 Å². The molecule has 0 saturated carbocycles. The van der Waals surface area contributed by atoms with Crippen LogP contribution >= 0.6 is 0 Å². The van der Waals surface area contributed by atoms with Crippen LogP contribution in [0.2, 0.25) is 0 Å². The van der Waals surface area contributed by atoms with Gasteiger partial charge in [0.05, 0.1) is 17.8 Å². The summed E-state index contributed by atoms with van der Waals surface area (Å²) in [5, 5.41) is 22.4. The van der Waals surface area contributed by atoms with E-state index in [1.807, 2.05) is 33.8 Å². The van der Waals surface area contributed by atoms with Gasteiger partial charge >= 0.3 is 6.09 Å². The van der Waals surface area contributed by atoms with Gasteiger partial charge in [-0.1, -0.05) is 26.8 Å². The zero-order chi connectivity index (χ0) is 18.8. The second-order valence-electron chi connectivity index (χ2n) is 7.67. The van der Waals surface area contributed by atoms with E-state index in [4.69, 9.17) is 5.11 Å². The lowest BCUT2D eigenvalue weighted by atomic mass is 9.86. The molecular weight excluding hydrogens is 322 g/mol. The lowest BCUT2D eigenvalue weighted by Crippen LogP contribution is -2.53. The van der Waals surface area contributed by atoms with Crippen LogP contribution in [0, 0.1) is 12.3 Å². The van der Waals surface area contributed by atoms with Crippen molar-refractivity contribution in [3.8, 4) is 0 Å². The third-order valence-corrected chi connectivity index (χ3v) is 4.79. The second kappa shape index (κ2) is 7.39. The Balaban J connectivity index is 2.23. The summed E-state index contributed by atoms with van der Waals surface area (Å²) >= 11 is 0. The van der Waals surface area contributed by atoms with Crippen LogP contribution in [0.1, 0.15) is 51.0 Å². The molecule has 2 heterocycles. The van der Waals surface area contributed by atoms with Crippen LogP contribution in [0.3, 0.4) is 0 Å². The van der Waals surface area contributed by atoms with Gasteiger partial charge in [-0.25, -0.2) is 4.79 Å². The predicted molar refractivity (Wildman–Crippen MR) is 93.1 cm³/mol. The Morgan fingerprint density at radius 1 is 1.48 bits per heavy atom. The summed E-state index contributed by atoms with van der Waals surface area (Å²) in [6.45, 7) is 7.85. The van der Waals surface area contributed by atoms with Crippen molar-refractivity contribution in [3.05, 3.63) is 29.6 Å². The van der Waals surface area contributed by atoms with Crippen molar-refractivity contribution in [2.45, 2.75) is 58.7 Å². The molecule has 7 heteroatoms. The van der Waals surface area contributed by atoms with Gasteiger partial charge in [0, 0.05) is 19.2 Å². The number of carbonyl (C=O) groups excluding carboxylic acids is 1. The molecule has 0 spiro atoms. The number of aliphatic hydroxyl groups excluding tert-OH is 1. The quantitative estimate of drug-likeness (QED) is 0.755. The fourth-order valence-electron chi connectivity index (χ4n) is 3.19. The molecule has 0 radical (unpaired) electrons. The van der Waals surface area contributed by atoms with Crippen LogP contribution in [-0.4, -0.2) is 50.7 Å². The van der Waals surface area contributed by atoms with Gasteiger partial charge in [0.1, 0.15) is 6.10 Å². The number of hydrogen-bond acceptors (Lipinski definition) is 4. The average Bonchev–Trinajstić information content (AvgIpc) is 2.86. The van der Waals surface area contributed by atoms with Crippen LogP contribution in [0.5, 0.6) is 0 Å². The Morgan fingerprint density at radius 3 is 2.72 bits per heavy atom. The van der Waals surface area contributed by atoms with Crippen LogP contribution in [0.4, 0.5) is 4.79 Å². The van der Waals surface area contributed by atoms with E-state index in [1.54, 1.807) is 17.2 Å². The third-order valence-electron chi connectivity index (χ3n) is 4.79. The number of aromatic nitrogens is 1. The van der Waals surface area contributed by atoms with E-state index in [2.05, 4.69) is 10.3 Å². The number of hydrogen-bond donors (Lipinski definition) is 3. The summed E-state index contributed by atoms with van der Waals surface area (Å²) in [4.78, 5) is 29.4. The molecule has 1 saturated heterocycles. The Bertz CT molecular complexity index is 641. The molecule has 138 valence electrons. The zero-order valence-electron chi connectivity index (χ0n) is 15.2. The molecule has 2 amide bonds. The average molecular weight is 349 g/mol. The first kappa shape index (κ1) is 19.2. The van der Waals surface area contributed by atoms with Crippen LogP contribution in [-0.2, 0) is 4.79 Å². The van der Waals surface area contributed by atoms with Gasteiger partial charge < -0.3 is 20.4 Å². The number of carbonyl (C=O) groups is 2. The van der Waals surface area contributed by atoms with E-state index in [0.717, 1.165) is 5.56 Å². The number of carboxylic acid groups (broad SMARTS) is 1. The molecule has 1 aromatic heterocycles. The largest absolute Gasteiger partial charge is 0.465 e. The number of amides is 2. The molecule has 0 aromatic carbocycles. The maximum absolute atomic E-state index is 12.4. The van der Waals surface area contributed by atoms with E-state index in [9.17, 15) is 14.7 Å². The number of aliphatic hydroxyl groups is 1. The normalized spacial score (nSPS) is 20.4. The maximum atomic E-state index is 12.4. The van der Waals surface area contributed by atoms with Gasteiger partial charge in [-0.05, 0) is 30.4 Å². The standard InChI is InChI=1S/C18H27N3O4/c1-11-6-5-9-19-15(11)16(23)12-7-8-14(22)21(12)10-13(18(2,3)4)20-17(24)25/h5-6,9,12-13,16,20,23H,7-8,10H2,1-4H3,(H,24,25)/t12?,13?,16-/m0/s1. The van der Waals surface area contributed by atoms with Crippen molar-refractivity contribution in [1.29, 1.82) is 0 Å². The third kappa shape index (κ3) is 4.48. The summed E-state index contributed by atoms with van der Waals surface area (Å²) in [7, 11) is 0. The molecule has 0 bridgehead atoms. The smallest absolute Gasteiger partial charge is 0.404 e. The highest BCUT2D eigenvalue weighted by atomic mass is 16.4. The summed E-state index contributed by atoms with van der Waals surface area (Å²) in [5.74, 6) is -0.0703. The minimum atomic E-state index is -1.12. The van der Waals surface area contributed by atoms with Crippen molar-refractivity contribution < 1.29 is 19.8 Å². The lowest BCUT2D eigenvalue weighted by molar-refractivity contribution is -0.131. The molecular formula is C18H27N3O4. The van der Waals surface area contributed by atoms with E-state index >= 15 is 0 Å². The van der Waals surface area contributed by atoms with Crippen molar-refractivity contribution in [2.75, 3.05) is 6.54 Å². The summed E-state index contributed by atoms with van der Waals surface area (Å²) in [6, 6.07) is 2.83. The highest BCUT2D eigenvalue weighted by Gasteiger charge is 2.40. The molecule has 25 heavy (non-hydrogen) atoms. The monoisotopic (exact) mass is 349 g/mol. The highest BCUT2D eigenvalue weighted by Crippen LogP contribution is 2.32. The fourth-order valence-corrected chi connectivity index (χ4v) is 3.19. The molecule has 2 unspecified atom stereocenters. The number of nitrogens with zero attached hydrogens (tertiary/aromatic N) is 2. The number of rotatable bonds is 5.